The number of nitrogens with one attached hydrogen (secondary N) is 2. The van der Waals surface area contributed by atoms with Gasteiger partial charge in [0.05, 0.1) is 4.90 Å². The zero-order valence-electron chi connectivity index (χ0n) is 15.6. The summed E-state index contributed by atoms with van der Waals surface area (Å²) in [5.41, 5.74) is 2.05. The highest BCUT2D eigenvalue weighted by atomic mass is 32.2. The van der Waals surface area contributed by atoms with Crippen molar-refractivity contribution in [2.45, 2.75) is 50.5 Å². The monoisotopic (exact) mass is 379 g/mol. The van der Waals surface area contributed by atoms with Gasteiger partial charge in [0.2, 0.25) is 15.9 Å². The van der Waals surface area contributed by atoms with Crippen LogP contribution in [0, 0.1) is 19.8 Å². The van der Waals surface area contributed by atoms with Crippen molar-refractivity contribution < 1.29 is 13.2 Å². The molecular weight excluding hydrogens is 350 g/mol. The topological polar surface area (TPSA) is 78.5 Å². The normalized spacial score (nSPS) is 22.9. The summed E-state index contributed by atoms with van der Waals surface area (Å²) in [7, 11) is -3.49. The highest BCUT2D eigenvalue weighted by Crippen LogP contribution is 2.25. The maximum atomic E-state index is 12.9. The zero-order chi connectivity index (χ0) is 18.7. The van der Waals surface area contributed by atoms with Crippen molar-refractivity contribution in [2.24, 2.45) is 5.92 Å². The van der Waals surface area contributed by atoms with Crippen LogP contribution in [0.2, 0.25) is 0 Å². The highest BCUT2D eigenvalue weighted by molar-refractivity contribution is 7.89. The second-order valence-electron chi connectivity index (χ2n) is 7.48. The number of carbonyl (C=O) groups excluding carboxylic acids is 1. The van der Waals surface area contributed by atoms with Gasteiger partial charge in [-0.05, 0) is 69.3 Å². The van der Waals surface area contributed by atoms with Crippen molar-refractivity contribution in [1.29, 1.82) is 0 Å². The van der Waals surface area contributed by atoms with Gasteiger partial charge in [0.25, 0.3) is 0 Å². The summed E-state index contributed by atoms with van der Waals surface area (Å²) < 4.78 is 27.2. The van der Waals surface area contributed by atoms with E-state index in [9.17, 15) is 13.2 Å². The number of carbonyl (C=O) groups is 1. The number of piperidine rings is 2. The van der Waals surface area contributed by atoms with E-state index in [-0.39, 0.29) is 17.9 Å². The Bertz CT molecular complexity index is 749. The molecule has 1 amide bonds. The number of benzene rings is 1. The Labute approximate surface area is 156 Å². The molecular formula is C19H29N3O3S. The van der Waals surface area contributed by atoms with E-state index in [4.69, 9.17) is 0 Å². The summed E-state index contributed by atoms with van der Waals surface area (Å²) in [6.45, 7) is 6.53. The van der Waals surface area contributed by atoms with E-state index in [1.807, 2.05) is 19.9 Å². The van der Waals surface area contributed by atoms with Gasteiger partial charge < -0.3 is 10.6 Å². The third kappa shape index (κ3) is 4.27. The predicted molar refractivity (Wildman–Crippen MR) is 101 cm³/mol. The standard InChI is InChI=1S/C19H29N3O3S/c1-14-5-6-18(12-15(14)2)26(24,25)22-10-7-16(8-11-22)19(23)21-17-4-3-9-20-13-17/h5-6,12,16-17,20H,3-4,7-11,13H2,1-2H3,(H,21,23). The van der Waals surface area contributed by atoms with Gasteiger partial charge in [0.1, 0.15) is 0 Å². The Morgan fingerprint density at radius 1 is 1.15 bits per heavy atom. The summed E-state index contributed by atoms with van der Waals surface area (Å²) in [5.74, 6) is -0.0231. The molecule has 2 aliphatic rings. The Kier molecular flexibility index (Phi) is 5.99. The minimum atomic E-state index is -3.49. The lowest BCUT2D eigenvalue weighted by atomic mass is 9.96. The van der Waals surface area contributed by atoms with E-state index < -0.39 is 10.0 Å². The van der Waals surface area contributed by atoms with Crippen molar-refractivity contribution in [3.05, 3.63) is 29.3 Å². The fraction of sp³-hybridized carbons (Fsp3) is 0.632. The highest BCUT2D eigenvalue weighted by Gasteiger charge is 2.32. The van der Waals surface area contributed by atoms with Crippen LogP contribution in [0.1, 0.15) is 36.8 Å². The molecule has 1 aromatic carbocycles. The largest absolute Gasteiger partial charge is 0.352 e. The molecule has 6 nitrogen and oxygen atoms in total. The van der Waals surface area contributed by atoms with Crippen molar-refractivity contribution in [1.82, 2.24) is 14.9 Å². The second-order valence-corrected chi connectivity index (χ2v) is 9.41. The van der Waals surface area contributed by atoms with Crippen LogP contribution in [0.15, 0.2) is 23.1 Å². The molecule has 2 aliphatic heterocycles. The molecule has 0 radical (unpaired) electrons. The lowest BCUT2D eigenvalue weighted by molar-refractivity contribution is -0.126. The van der Waals surface area contributed by atoms with Gasteiger partial charge in [-0.25, -0.2) is 8.42 Å². The average Bonchev–Trinajstić information content (AvgIpc) is 2.65. The first-order valence-electron chi connectivity index (χ1n) is 9.46. The molecule has 3 rings (SSSR count). The van der Waals surface area contributed by atoms with Crippen molar-refractivity contribution in [3.8, 4) is 0 Å². The second kappa shape index (κ2) is 8.06. The third-order valence-corrected chi connectivity index (χ3v) is 7.48. The van der Waals surface area contributed by atoms with E-state index in [0.29, 0.717) is 30.8 Å². The van der Waals surface area contributed by atoms with Gasteiger partial charge in [-0.3, -0.25) is 4.79 Å². The molecule has 26 heavy (non-hydrogen) atoms. The third-order valence-electron chi connectivity index (χ3n) is 5.58. The zero-order valence-corrected chi connectivity index (χ0v) is 16.4. The minimum Gasteiger partial charge on any atom is -0.352 e. The molecule has 0 spiro atoms. The van der Waals surface area contributed by atoms with Gasteiger partial charge in [-0.2, -0.15) is 4.31 Å². The van der Waals surface area contributed by atoms with Gasteiger partial charge in [-0.1, -0.05) is 6.07 Å². The lowest BCUT2D eigenvalue weighted by Gasteiger charge is -2.32. The molecule has 1 aromatic rings. The Balaban J connectivity index is 1.58. The Morgan fingerprint density at radius 2 is 1.88 bits per heavy atom. The fourth-order valence-corrected chi connectivity index (χ4v) is 5.23. The Morgan fingerprint density at radius 3 is 2.50 bits per heavy atom. The smallest absolute Gasteiger partial charge is 0.243 e. The molecule has 0 aromatic heterocycles. The first kappa shape index (κ1) is 19.3. The van der Waals surface area contributed by atoms with E-state index in [0.717, 1.165) is 37.1 Å². The first-order chi connectivity index (χ1) is 12.4. The molecule has 144 valence electrons. The maximum Gasteiger partial charge on any atom is 0.243 e. The number of nitrogens with zero attached hydrogens (tertiary/aromatic N) is 1. The van der Waals surface area contributed by atoms with Crippen LogP contribution in [-0.2, 0) is 14.8 Å². The van der Waals surface area contributed by atoms with Crippen molar-refractivity contribution in [2.75, 3.05) is 26.2 Å². The minimum absolute atomic E-state index is 0.0712. The van der Waals surface area contributed by atoms with Crippen molar-refractivity contribution in [3.63, 3.8) is 0 Å². The number of sulfonamides is 1. The van der Waals surface area contributed by atoms with Crippen LogP contribution in [0.4, 0.5) is 0 Å². The molecule has 2 saturated heterocycles. The van der Waals surface area contributed by atoms with Crippen LogP contribution in [0.5, 0.6) is 0 Å². The lowest BCUT2D eigenvalue weighted by Crippen LogP contribution is -2.49. The number of hydrogen-bond donors (Lipinski definition) is 2. The predicted octanol–water partition coefficient (Wildman–Crippen LogP) is 1.57. The number of hydrogen-bond acceptors (Lipinski definition) is 4. The summed E-state index contributed by atoms with van der Waals surface area (Å²) in [4.78, 5) is 12.8. The first-order valence-corrected chi connectivity index (χ1v) is 10.9. The fourth-order valence-electron chi connectivity index (χ4n) is 3.68. The van der Waals surface area contributed by atoms with E-state index in [2.05, 4.69) is 10.6 Å². The number of aryl methyl sites for hydroxylation is 2. The van der Waals surface area contributed by atoms with Gasteiger partial charge in [0, 0.05) is 31.6 Å². The summed E-state index contributed by atoms with van der Waals surface area (Å²) in [6.07, 6.45) is 3.25. The average molecular weight is 380 g/mol. The van der Waals surface area contributed by atoms with Crippen LogP contribution in [-0.4, -0.2) is 50.9 Å². The van der Waals surface area contributed by atoms with Crippen molar-refractivity contribution >= 4 is 15.9 Å². The maximum absolute atomic E-state index is 12.9. The molecule has 0 saturated carbocycles. The molecule has 7 heteroatoms. The SMILES string of the molecule is Cc1ccc(S(=O)(=O)N2CCC(C(=O)NC3CCCNC3)CC2)cc1C. The van der Waals surface area contributed by atoms with Crippen LogP contribution in [0.25, 0.3) is 0 Å². The molecule has 1 unspecified atom stereocenters. The Hall–Kier alpha value is -1.44. The summed E-state index contributed by atoms with van der Waals surface area (Å²) in [5, 5.41) is 6.41. The molecule has 1 atom stereocenters. The molecule has 0 aliphatic carbocycles. The number of rotatable bonds is 4. The number of amides is 1. The van der Waals surface area contributed by atoms with Gasteiger partial charge >= 0.3 is 0 Å². The molecule has 0 bridgehead atoms. The van der Waals surface area contributed by atoms with E-state index >= 15 is 0 Å². The van der Waals surface area contributed by atoms with Crippen LogP contribution < -0.4 is 10.6 Å². The van der Waals surface area contributed by atoms with Crippen LogP contribution in [0.3, 0.4) is 0 Å². The van der Waals surface area contributed by atoms with E-state index in [1.165, 1.54) is 4.31 Å². The molecule has 2 N–H and O–H groups in total. The van der Waals surface area contributed by atoms with Gasteiger partial charge in [0.15, 0.2) is 0 Å². The summed E-state index contributed by atoms with van der Waals surface area (Å²) in [6, 6.07) is 5.46. The summed E-state index contributed by atoms with van der Waals surface area (Å²) >= 11 is 0. The van der Waals surface area contributed by atoms with Crippen LogP contribution >= 0.6 is 0 Å². The van der Waals surface area contributed by atoms with Gasteiger partial charge in [-0.15, -0.1) is 0 Å². The molecule has 2 heterocycles. The molecule has 2 fully saturated rings. The van der Waals surface area contributed by atoms with E-state index in [1.54, 1.807) is 12.1 Å². The quantitative estimate of drug-likeness (QED) is 0.832.